The van der Waals surface area contributed by atoms with Crippen molar-refractivity contribution in [2.24, 2.45) is 0 Å². The molecule has 0 rings (SSSR count). The Morgan fingerprint density at radius 2 is 1.25 bits per heavy atom. The Morgan fingerprint density at radius 1 is 1.25 bits per heavy atom. The minimum absolute atomic E-state index is 0. The van der Waals surface area contributed by atoms with E-state index in [1.165, 1.54) is 10.1 Å². The van der Waals surface area contributed by atoms with Gasteiger partial charge in [0.05, 0.1) is 7.44 Å². The van der Waals surface area contributed by atoms with Gasteiger partial charge in [0.25, 0.3) is 0 Å². The maximum absolute atomic E-state index is 2.14. The van der Waals surface area contributed by atoms with Gasteiger partial charge < -0.3 is 0 Å². The molecule has 0 bridgehead atoms. The largest absolute Gasteiger partial charge is 0 e. The van der Waals surface area contributed by atoms with Gasteiger partial charge in [-0.2, -0.15) is 0 Å². The third-order valence-corrected chi connectivity index (χ3v) is 0. The Kier molecular flexibility index (Phi) is 78.5. The Bertz CT molecular complexity index is 8.00. The van der Waals surface area contributed by atoms with Crippen molar-refractivity contribution in [3.05, 3.63) is 0 Å². The van der Waals surface area contributed by atoms with Gasteiger partial charge >= 0.3 is 37.7 Å². The second-order valence-electron chi connectivity index (χ2n) is 0. The zero-order chi connectivity index (χ0) is 2.00. The molecule has 4 heteroatoms. The molecule has 0 aromatic rings. The standard InChI is InChI=1S/BH5Si.Ca.Zn.2H/c1-2;;;;/h1H2,2H3;;;;. The number of hydrogen-bond donors (Lipinski definition) is 0. The van der Waals surface area contributed by atoms with Gasteiger partial charge in [0.15, 0.2) is 0 Å². The normalized spacial score (nSPS) is 2.00. The summed E-state index contributed by atoms with van der Waals surface area (Å²) in [6.45, 7) is 0. The van der Waals surface area contributed by atoms with E-state index in [9.17, 15) is 0 Å². The van der Waals surface area contributed by atoms with Crippen molar-refractivity contribution < 1.29 is 19.5 Å². The Hall–Kier alpha value is 2.16. The van der Waals surface area contributed by atoms with Gasteiger partial charge in [0.1, 0.15) is 0 Å². The van der Waals surface area contributed by atoms with E-state index in [1.807, 2.05) is 0 Å². The molecule has 0 aliphatic heterocycles. The molecule has 0 nitrogen and oxygen atoms in total. The molecule has 0 spiro atoms. The molecule has 0 aromatic heterocycles. The molecule has 0 aliphatic carbocycles. The van der Waals surface area contributed by atoms with Crippen LogP contribution in [-0.2, 0) is 19.5 Å². The molecule has 4 heavy (non-hydrogen) atoms. The average Bonchev–Trinajstić information content (AvgIpc) is 1.00. The Labute approximate surface area is 73.6 Å². The van der Waals surface area contributed by atoms with Crippen LogP contribution in [0.4, 0.5) is 0 Å². The van der Waals surface area contributed by atoms with Crippen molar-refractivity contribution in [2.75, 3.05) is 0 Å². The van der Waals surface area contributed by atoms with Crippen LogP contribution in [-0.4, -0.2) is 55.3 Å². The molecule has 0 fully saturated rings. The minimum Gasteiger partial charge on any atom is 0 e. The first-order valence-corrected chi connectivity index (χ1v) is 3.00. The molecule has 0 N–H and O–H groups in total. The van der Waals surface area contributed by atoms with E-state index in [0.717, 1.165) is 0 Å². The third-order valence-electron chi connectivity index (χ3n) is 0. The summed E-state index contributed by atoms with van der Waals surface area (Å²) >= 11 is 0. The molecule has 0 heterocycles. The van der Waals surface area contributed by atoms with Crippen LogP contribution in [0, 0.1) is 0 Å². The van der Waals surface area contributed by atoms with Gasteiger partial charge in [-0.25, -0.2) is 0 Å². The fourth-order valence-corrected chi connectivity index (χ4v) is 0. The quantitative estimate of drug-likeness (QED) is 0.324. The summed E-state index contributed by atoms with van der Waals surface area (Å²) in [5.41, 5.74) is 0. The van der Waals surface area contributed by atoms with Gasteiger partial charge in [0, 0.05) is 19.5 Å². The Morgan fingerprint density at radius 3 is 1.25 bits per heavy atom. The van der Waals surface area contributed by atoms with Crippen LogP contribution in [0.3, 0.4) is 0 Å². The predicted molar refractivity (Wildman–Crippen MR) is 27.0 cm³/mol. The minimum atomic E-state index is 0. The van der Waals surface area contributed by atoms with Crippen LogP contribution in [0.2, 0.25) is 0 Å². The van der Waals surface area contributed by atoms with Crippen molar-refractivity contribution in [3.63, 3.8) is 0 Å². The molecule has 0 unspecified atom stereocenters. The Balaban J connectivity index is -0.00000000500. The third kappa shape index (κ3) is 8.90. The molecule has 0 atom stereocenters. The number of rotatable bonds is 0. The summed E-state index contributed by atoms with van der Waals surface area (Å²) in [6.07, 6.45) is 0. The molecular formula is H7BCaSiZn. The molecule has 0 aliphatic rings. The van der Waals surface area contributed by atoms with Gasteiger partial charge in [-0.3, -0.25) is 0 Å². The average molecular weight is 151 g/mol. The second kappa shape index (κ2) is 19.1. The molecule has 0 radical (unpaired) electrons. The van der Waals surface area contributed by atoms with E-state index >= 15 is 0 Å². The summed E-state index contributed by atoms with van der Waals surface area (Å²) in [6, 6.07) is 0. The SMILES string of the molecule is B[SiH3].[CaH2].[Zn]. The topological polar surface area (TPSA) is 0 Å². The van der Waals surface area contributed by atoms with Crippen LogP contribution >= 0.6 is 0 Å². The van der Waals surface area contributed by atoms with E-state index in [4.69, 9.17) is 0 Å². The van der Waals surface area contributed by atoms with E-state index in [0.29, 0.717) is 0 Å². The van der Waals surface area contributed by atoms with Crippen molar-refractivity contribution in [3.8, 4) is 0 Å². The maximum atomic E-state index is 2.14. The van der Waals surface area contributed by atoms with E-state index in [1.54, 1.807) is 0 Å². The van der Waals surface area contributed by atoms with E-state index in [-0.39, 0.29) is 57.2 Å². The van der Waals surface area contributed by atoms with Crippen molar-refractivity contribution in [2.45, 2.75) is 0 Å². The summed E-state index contributed by atoms with van der Waals surface area (Å²) in [4.78, 5) is 0. The second-order valence-corrected chi connectivity index (χ2v) is 0. The monoisotopic (exact) mass is 150 g/mol. The molecule has 0 aromatic carbocycles. The van der Waals surface area contributed by atoms with Crippen molar-refractivity contribution in [1.29, 1.82) is 0 Å². The first-order valence-electron chi connectivity index (χ1n) is 1.00. The van der Waals surface area contributed by atoms with Crippen LogP contribution in [0.25, 0.3) is 0 Å². The van der Waals surface area contributed by atoms with Crippen molar-refractivity contribution >= 4 is 55.3 Å². The summed E-state index contributed by atoms with van der Waals surface area (Å²) in [5, 5.41) is 0. The van der Waals surface area contributed by atoms with Gasteiger partial charge in [-0.05, 0) is 10.1 Å². The van der Waals surface area contributed by atoms with Crippen LogP contribution in [0.1, 0.15) is 0 Å². The van der Waals surface area contributed by atoms with Crippen LogP contribution in [0.15, 0.2) is 0 Å². The zero-order valence-electron chi connectivity index (χ0n) is 2.71. The number of hydrogen-bond acceptors (Lipinski definition) is 0. The summed E-state index contributed by atoms with van der Waals surface area (Å²) in [5.74, 6) is 0. The fourth-order valence-electron chi connectivity index (χ4n) is 0. The molecule has 0 amide bonds. The first kappa shape index (κ1) is 16.4. The summed E-state index contributed by atoms with van der Waals surface area (Å²) < 4.78 is 0. The van der Waals surface area contributed by atoms with Crippen LogP contribution in [0.5, 0.6) is 0 Å². The maximum Gasteiger partial charge on any atom is 0 e. The first-order chi connectivity index (χ1) is 1.00. The predicted octanol–water partition coefficient (Wildman–Crippen LogP) is -3.02. The van der Waals surface area contributed by atoms with E-state index < -0.39 is 0 Å². The van der Waals surface area contributed by atoms with E-state index in [2.05, 4.69) is 7.44 Å². The molecule has 0 saturated carbocycles. The summed E-state index contributed by atoms with van der Waals surface area (Å²) in [7, 11) is 3.44. The van der Waals surface area contributed by atoms with Gasteiger partial charge in [-0.15, -0.1) is 0 Å². The fraction of sp³-hybridized carbons (Fsp3) is 0. The van der Waals surface area contributed by atoms with Crippen LogP contribution < -0.4 is 0 Å². The zero-order valence-corrected chi connectivity index (χ0v) is 7.67. The van der Waals surface area contributed by atoms with Gasteiger partial charge in [0.2, 0.25) is 0 Å². The van der Waals surface area contributed by atoms with Crippen molar-refractivity contribution in [1.82, 2.24) is 0 Å². The molecular weight excluding hydrogens is 144 g/mol. The molecule has 0 saturated heterocycles. The molecule has 18 valence electrons. The smallest absolute Gasteiger partial charge is 0 e. The van der Waals surface area contributed by atoms with Gasteiger partial charge in [-0.1, -0.05) is 0 Å².